The maximum absolute atomic E-state index is 13.5. The second-order valence-electron chi connectivity index (χ2n) is 9.90. The van der Waals surface area contributed by atoms with E-state index in [2.05, 4.69) is 37.8 Å². The van der Waals surface area contributed by atoms with E-state index in [0.29, 0.717) is 23.7 Å². The fourth-order valence-electron chi connectivity index (χ4n) is 5.38. The molecule has 0 spiro atoms. The minimum atomic E-state index is -2.51. The fourth-order valence-corrected chi connectivity index (χ4v) is 5.38. The summed E-state index contributed by atoms with van der Waals surface area (Å²) in [6.45, 7) is 7.55. The Hall–Kier alpha value is -3.62. The lowest BCUT2D eigenvalue weighted by atomic mass is 9.91. The number of alkyl halides is 2. The van der Waals surface area contributed by atoms with Gasteiger partial charge in [-0.2, -0.15) is 10.2 Å². The lowest BCUT2D eigenvalue weighted by molar-refractivity contribution is 0.150. The molecule has 0 radical (unpaired) electrons. The van der Waals surface area contributed by atoms with Crippen molar-refractivity contribution >= 4 is 22.4 Å². The Morgan fingerprint density at radius 3 is 2.49 bits per heavy atom. The van der Waals surface area contributed by atoms with Gasteiger partial charge >= 0.3 is 0 Å². The van der Waals surface area contributed by atoms with Crippen molar-refractivity contribution in [1.82, 2.24) is 25.0 Å². The molecule has 9 heteroatoms. The molecule has 0 bridgehead atoms. The van der Waals surface area contributed by atoms with E-state index in [9.17, 15) is 8.78 Å². The summed E-state index contributed by atoms with van der Waals surface area (Å²) in [5.74, 6) is 2.06. The van der Waals surface area contributed by atoms with Crippen LogP contribution in [0.1, 0.15) is 72.5 Å². The molecule has 7 nitrogen and oxygen atoms in total. The van der Waals surface area contributed by atoms with Gasteiger partial charge in [-0.05, 0) is 61.8 Å². The number of nitrogens with one attached hydrogen (secondary N) is 1. The Morgan fingerprint density at radius 1 is 1.05 bits per heavy atom. The number of halogens is 2. The molecule has 0 amide bonds. The quantitative estimate of drug-likeness (QED) is 0.320. The predicted molar refractivity (Wildman–Crippen MR) is 142 cm³/mol. The van der Waals surface area contributed by atoms with E-state index in [1.807, 2.05) is 44.0 Å². The monoisotopic (exact) mass is 505 g/mol. The summed E-state index contributed by atoms with van der Waals surface area (Å²) in [6.07, 6.45) is 6.24. The molecule has 3 aromatic heterocycles. The third kappa shape index (κ3) is 4.99. The summed E-state index contributed by atoms with van der Waals surface area (Å²) in [6, 6.07) is 7.01. The number of benzene rings is 1. The van der Waals surface area contributed by atoms with Crippen LogP contribution in [0.3, 0.4) is 0 Å². The van der Waals surface area contributed by atoms with Crippen LogP contribution < -0.4 is 10.2 Å². The van der Waals surface area contributed by atoms with Crippen LogP contribution in [0.2, 0.25) is 0 Å². The Kier molecular flexibility index (Phi) is 7.04. The van der Waals surface area contributed by atoms with Gasteiger partial charge in [0.25, 0.3) is 6.43 Å². The molecule has 1 saturated heterocycles. The van der Waals surface area contributed by atoms with E-state index in [-0.39, 0.29) is 11.6 Å². The summed E-state index contributed by atoms with van der Waals surface area (Å²) in [7, 11) is 1.95. The smallest absolute Gasteiger partial charge is 0.264 e. The van der Waals surface area contributed by atoms with Crippen LogP contribution in [0.4, 0.5) is 20.4 Å². The molecular formula is C28H33F2N7. The summed E-state index contributed by atoms with van der Waals surface area (Å²) in [4.78, 5) is 7.09. The van der Waals surface area contributed by atoms with Crippen LogP contribution in [0.25, 0.3) is 10.8 Å². The van der Waals surface area contributed by atoms with Crippen molar-refractivity contribution in [3.63, 3.8) is 0 Å². The molecule has 5 rings (SSSR count). The number of aryl methyl sites for hydroxylation is 2. The van der Waals surface area contributed by atoms with Gasteiger partial charge in [-0.15, -0.1) is 5.10 Å². The highest BCUT2D eigenvalue weighted by molar-refractivity contribution is 5.94. The zero-order valence-corrected chi connectivity index (χ0v) is 21.7. The predicted octanol–water partition coefficient (Wildman–Crippen LogP) is 6.26. The molecule has 1 aliphatic rings. The number of fused-ring (bicyclic) bond motifs is 1. The van der Waals surface area contributed by atoms with Gasteiger partial charge in [-0.1, -0.05) is 25.1 Å². The molecule has 0 saturated carbocycles. The van der Waals surface area contributed by atoms with Gasteiger partial charge in [0.1, 0.15) is 5.82 Å². The lowest BCUT2D eigenvalue weighted by Gasteiger charge is -2.32. The summed E-state index contributed by atoms with van der Waals surface area (Å²) in [5.41, 5.74) is 3.63. The Bertz CT molecular complexity index is 1390. The van der Waals surface area contributed by atoms with Crippen LogP contribution in [-0.2, 0) is 7.05 Å². The van der Waals surface area contributed by atoms with Crippen molar-refractivity contribution in [2.75, 3.05) is 23.3 Å². The van der Waals surface area contributed by atoms with Gasteiger partial charge in [-0.25, -0.2) is 13.8 Å². The van der Waals surface area contributed by atoms with Gasteiger partial charge in [0.15, 0.2) is 5.82 Å². The Labute approximate surface area is 215 Å². The molecule has 0 unspecified atom stereocenters. The molecule has 0 aliphatic carbocycles. The second kappa shape index (κ2) is 10.4. The Balaban J connectivity index is 1.42. The molecule has 194 valence electrons. The van der Waals surface area contributed by atoms with Crippen molar-refractivity contribution in [3.05, 3.63) is 70.8 Å². The van der Waals surface area contributed by atoms with Crippen molar-refractivity contribution in [2.45, 2.75) is 58.4 Å². The third-order valence-corrected chi connectivity index (χ3v) is 7.60. The summed E-state index contributed by atoms with van der Waals surface area (Å²) >= 11 is 0. The molecule has 1 N–H and O–H groups in total. The molecule has 1 fully saturated rings. The van der Waals surface area contributed by atoms with Crippen molar-refractivity contribution in [1.29, 1.82) is 0 Å². The minimum absolute atomic E-state index is 0.0683. The van der Waals surface area contributed by atoms with E-state index in [4.69, 9.17) is 4.98 Å². The summed E-state index contributed by atoms with van der Waals surface area (Å²) < 4.78 is 28.9. The van der Waals surface area contributed by atoms with Crippen LogP contribution in [0.5, 0.6) is 0 Å². The Morgan fingerprint density at radius 2 is 1.81 bits per heavy atom. The van der Waals surface area contributed by atoms with Gasteiger partial charge in [-0.3, -0.25) is 4.68 Å². The number of hydrogen-bond acceptors (Lipinski definition) is 6. The first-order chi connectivity index (χ1) is 17.9. The average molecular weight is 506 g/mol. The number of hydrogen-bond donors (Lipinski definition) is 1. The molecule has 1 aliphatic heterocycles. The first-order valence-electron chi connectivity index (χ1n) is 12.9. The molecule has 37 heavy (non-hydrogen) atoms. The largest absolute Gasteiger partial charge is 0.361 e. The van der Waals surface area contributed by atoms with E-state index in [0.717, 1.165) is 53.8 Å². The van der Waals surface area contributed by atoms with Crippen LogP contribution in [0.15, 0.2) is 42.9 Å². The van der Waals surface area contributed by atoms with E-state index in [1.165, 1.54) is 11.6 Å². The molecule has 1 atom stereocenters. The van der Waals surface area contributed by atoms with Crippen LogP contribution in [-0.4, -0.2) is 38.1 Å². The highest BCUT2D eigenvalue weighted by Gasteiger charge is 2.24. The molecule has 4 heterocycles. The average Bonchev–Trinajstić information content (AvgIpc) is 3.35. The van der Waals surface area contributed by atoms with Crippen LogP contribution in [0, 0.1) is 13.8 Å². The van der Waals surface area contributed by atoms with Gasteiger partial charge in [0.2, 0.25) is 0 Å². The first-order valence-corrected chi connectivity index (χ1v) is 12.9. The highest BCUT2D eigenvalue weighted by atomic mass is 19.3. The number of piperidine rings is 1. The molecule has 1 aromatic carbocycles. The maximum Gasteiger partial charge on any atom is 0.264 e. The molecule has 4 aromatic rings. The topological polar surface area (TPSA) is 71.8 Å². The van der Waals surface area contributed by atoms with Crippen molar-refractivity contribution in [2.24, 2.45) is 7.05 Å². The van der Waals surface area contributed by atoms with Gasteiger partial charge < -0.3 is 10.2 Å². The van der Waals surface area contributed by atoms with E-state index >= 15 is 0 Å². The lowest BCUT2D eigenvalue weighted by Crippen LogP contribution is -2.33. The third-order valence-electron chi connectivity index (χ3n) is 7.60. The zero-order chi connectivity index (χ0) is 26.1. The fraction of sp³-hybridized carbons (Fsp3) is 0.429. The maximum atomic E-state index is 13.5. The number of rotatable bonds is 7. The minimum Gasteiger partial charge on any atom is -0.361 e. The van der Waals surface area contributed by atoms with Crippen molar-refractivity contribution in [3.8, 4) is 0 Å². The number of aromatic nitrogens is 5. The van der Waals surface area contributed by atoms with Crippen LogP contribution >= 0.6 is 0 Å². The second-order valence-corrected chi connectivity index (χ2v) is 9.90. The van der Waals surface area contributed by atoms with Gasteiger partial charge in [0.05, 0.1) is 17.9 Å². The zero-order valence-electron chi connectivity index (χ0n) is 21.7. The number of anilines is 2. The van der Waals surface area contributed by atoms with E-state index in [1.54, 1.807) is 13.0 Å². The first kappa shape index (κ1) is 25.0. The number of nitrogens with zero attached hydrogens (tertiary/aromatic N) is 6. The summed E-state index contributed by atoms with van der Waals surface area (Å²) in [5, 5.41) is 18.5. The highest BCUT2D eigenvalue weighted by Crippen LogP contribution is 2.35. The van der Waals surface area contributed by atoms with Gasteiger partial charge in [0, 0.05) is 48.9 Å². The van der Waals surface area contributed by atoms with E-state index < -0.39 is 6.43 Å². The normalized spacial score (nSPS) is 15.5. The standard InChI is InChI=1S/C28H33F2N7/c1-5-25(21-7-6-8-22(17(21)2)27(29)30)33-28-23-13-26(31-15-24(23)18(3)34-35-28)37-11-9-19(10-12-37)20-14-32-36(4)16-20/h6-8,13-16,19,25,27H,5,9-12H2,1-4H3,(H,33,35)/t25-/m1/s1. The molecular weight excluding hydrogens is 472 g/mol. The SMILES string of the molecule is CC[C@@H](Nc1nnc(C)c2cnc(N3CCC(c4cnn(C)c4)CC3)cc12)c1cccc(C(F)F)c1C. The van der Waals surface area contributed by atoms with Crippen molar-refractivity contribution < 1.29 is 8.78 Å². The number of pyridine rings is 1.